The Kier molecular flexibility index (Phi) is 23.6. The highest BCUT2D eigenvalue weighted by molar-refractivity contribution is 7.91. The van der Waals surface area contributed by atoms with Crippen LogP contribution >= 0.6 is 0 Å². The van der Waals surface area contributed by atoms with Gasteiger partial charge in [-0.3, -0.25) is 14.4 Å². The largest absolute Gasteiger partial charge is 0.501 e. The van der Waals surface area contributed by atoms with Gasteiger partial charge in [0.15, 0.2) is 50.1 Å². The Bertz CT molecular complexity index is 3440. The fourth-order valence-electron chi connectivity index (χ4n) is 8.34. The standard InChI is InChI=1S/C59H69N5O19S2/c1-39-7-18-47(19-8-39)84(69,70)32-23-48(65)43-13-15-44(16-14-43)57(67)61-37-46-38-64(63-62-46)25-27-78-29-31-79-30-28-77-26-24-60-58(68)45-17-22-51(81-59-49(66)20-9-40(2)80-59)53(36-45)83-85(71,72)82-52-33-41(12-21-50(52)73-3)10-11-42-34-54(74-4)56(76-6)55(35-42)75-5/h7-8,10-19,21-22,33-36,38,40,49,59,66H,9,20,23-32,37H2,1-6H3,(H,60,68)(H,61,67)/b11-10-/t40-,49-,59?/m1/s1. The molecule has 0 aliphatic carbocycles. The van der Waals surface area contributed by atoms with Crippen molar-refractivity contribution < 1.29 is 87.3 Å². The average molecular weight is 1220 g/mol. The number of nitrogens with zero attached hydrogens (tertiary/aromatic N) is 3. The molecule has 3 N–H and O–H groups in total. The number of aliphatic hydroxyl groups is 1. The summed E-state index contributed by atoms with van der Waals surface area (Å²) < 4.78 is 116. The van der Waals surface area contributed by atoms with E-state index in [2.05, 4.69) is 20.9 Å². The van der Waals surface area contributed by atoms with Crippen LogP contribution in [0.5, 0.6) is 40.2 Å². The molecule has 1 aliphatic heterocycles. The predicted molar refractivity (Wildman–Crippen MR) is 309 cm³/mol. The van der Waals surface area contributed by atoms with Gasteiger partial charge in [0.05, 0.1) is 104 Å². The summed E-state index contributed by atoms with van der Waals surface area (Å²) in [5, 5.41) is 24.3. The number of ether oxygens (including phenoxy) is 9. The van der Waals surface area contributed by atoms with Gasteiger partial charge >= 0.3 is 10.4 Å². The molecule has 0 saturated carbocycles. The van der Waals surface area contributed by atoms with Gasteiger partial charge in [0, 0.05) is 29.7 Å². The van der Waals surface area contributed by atoms with E-state index in [9.17, 15) is 36.3 Å². The van der Waals surface area contributed by atoms with Crippen LogP contribution in [0.1, 0.15) is 79.6 Å². The number of nitrogens with one attached hydrogen (secondary N) is 2. The average Bonchev–Trinajstić information content (AvgIpc) is 4.14. The Labute approximate surface area is 493 Å². The van der Waals surface area contributed by atoms with Crippen LogP contribution in [0.4, 0.5) is 0 Å². The second-order valence-electron chi connectivity index (χ2n) is 19.1. The summed E-state index contributed by atoms with van der Waals surface area (Å²) in [6.45, 7) is 5.72. The number of hydrogen-bond donors (Lipinski definition) is 3. The van der Waals surface area contributed by atoms with E-state index in [1.807, 2.05) is 13.8 Å². The number of carbonyl (C=O) groups excluding carboxylic acids is 3. The molecule has 7 rings (SSSR count). The highest BCUT2D eigenvalue weighted by Gasteiger charge is 2.32. The highest BCUT2D eigenvalue weighted by Crippen LogP contribution is 2.39. The van der Waals surface area contributed by atoms with Gasteiger partial charge in [-0.1, -0.05) is 53.3 Å². The lowest BCUT2D eigenvalue weighted by molar-refractivity contribution is -0.197. The lowest BCUT2D eigenvalue weighted by Crippen LogP contribution is -2.41. The molecule has 24 nitrogen and oxygen atoms in total. The van der Waals surface area contributed by atoms with Crippen molar-refractivity contribution in [3.63, 3.8) is 0 Å². The molecule has 1 saturated heterocycles. The molecule has 1 unspecified atom stereocenters. The molecule has 0 bridgehead atoms. The molecular weight excluding hydrogens is 1150 g/mol. The van der Waals surface area contributed by atoms with Crippen molar-refractivity contribution in [3.05, 3.63) is 142 Å². The number of methoxy groups -OCH3 is 4. The third-order valence-corrected chi connectivity index (χ3v) is 15.4. The number of ketones is 1. The van der Waals surface area contributed by atoms with E-state index in [1.165, 1.54) is 89.1 Å². The first-order valence-electron chi connectivity index (χ1n) is 26.9. The van der Waals surface area contributed by atoms with Crippen LogP contribution in [0.3, 0.4) is 0 Å². The number of aromatic nitrogens is 3. The summed E-state index contributed by atoms with van der Waals surface area (Å²) >= 11 is 0. The van der Waals surface area contributed by atoms with E-state index >= 15 is 0 Å². The van der Waals surface area contributed by atoms with E-state index < -0.39 is 50.2 Å². The first-order chi connectivity index (χ1) is 40.9. The minimum absolute atomic E-state index is 0.00513. The normalized spacial score (nSPS) is 15.2. The Morgan fingerprint density at radius 2 is 1.25 bits per heavy atom. The lowest BCUT2D eigenvalue weighted by Gasteiger charge is -2.32. The fourth-order valence-corrected chi connectivity index (χ4v) is 10.3. The summed E-state index contributed by atoms with van der Waals surface area (Å²) in [7, 11) is -2.75. The molecule has 1 aromatic heterocycles. The minimum Gasteiger partial charge on any atom is -0.493 e. The summed E-state index contributed by atoms with van der Waals surface area (Å²) in [4.78, 5) is 39.0. The SMILES string of the molecule is COc1ccc(/C=C\c2cc(OC)c(OC)c(OC)c2)cc1OS(=O)(=O)Oc1cc(C(=O)NCCOCCOCCOCCn2cc(CNC(=O)c3ccc(C(=O)CCS(=O)(=O)c4ccc(C)cc4)cc3)nn2)ccc1OC1O[C@H](C)CC[C@H]1O. The highest BCUT2D eigenvalue weighted by atomic mass is 32.3. The summed E-state index contributed by atoms with van der Waals surface area (Å²) in [6, 6.07) is 24.4. The predicted octanol–water partition coefficient (Wildman–Crippen LogP) is 6.22. The summed E-state index contributed by atoms with van der Waals surface area (Å²) in [5.41, 5.74) is 3.27. The molecule has 0 spiro atoms. The number of sulfone groups is 1. The van der Waals surface area contributed by atoms with E-state index in [0.29, 0.717) is 77.8 Å². The zero-order valence-electron chi connectivity index (χ0n) is 47.8. The van der Waals surface area contributed by atoms with E-state index in [0.717, 1.165) is 11.6 Å². The number of aliphatic hydroxyl groups excluding tert-OH is 1. The molecule has 26 heteroatoms. The zero-order valence-corrected chi connectivity index (χ0v) is 49.5. The number of carbonyl (C=O) groups is 3. The number of aryl methyl sites for hydroxylation is 1. The lowest BCUT2D eigenvalue weighted by atomic mass is 10.1. The van der Waals surface area contributed by atoms with Gasteiger partial charge in [0.2, 0.25) is 12.0 Å². The topological polar surface area (TPSA) is 296 Å². The van der Waals surface area contributed by atoms with Crippen molar-refractivity contribution in [2.45, 2.75) is 69.6 Å². The van der Waals surface area contributed by atoms with Gasteiger partial charge in [0.25, 0.3) is 11.8 Å². The quantitative estimate of drug-likeness (QED) is 0.0234. The van der Waals surface area contributed by atoms with Crippen LogP contribution in [0.2, 0.25) is 0 Å². The van der Waals surface area contributed by atoms with Crippen LogP contribution in [0.15, 0.2) is 108 Å². The van der Waals surface area contributed by atoms with Crippen molar-refractivity contribution in [2.75, 3.05) is 80.4 Å². The van der Waals surface area contributed by atoms with Crippen LogP contribution in [0.25, 0.3) is 12.2 Å². The molecule has 2 heterocycles. The minimum atomic E-state index is -4.97. The second kappa shape index (κ2) is 31.2. The monoisotopic (exact) mass is 1220 g/mol. The first-order valence-corrected chi connectivity index (χ1v) is 29.9. The number of hydrogen-bond acceptors (Lipinski definition) is 21. The Hall–Kier alpha value is -8.11. The molecule has 0 radical (unpaired) electrons. The molecule has 1 aliphatic rings. The maximum Gasteiger partial charge on any atom is 0.501 e. The van der Waals surface area contributed by atoms with Crippen molar-refractivity contribution in [1.82, 2.24) is 25.6 Å². The molecule has 3 atom stereocenters. The van der Waals surface area contributed by atoms with Gasteiger partial charge in [-0.25, -0.2) is 13.1 Å². The number of benzene rings is 5. The maximum atomic E-state index is 13.7. The molecule has 2 amide bonds. The summed E-state index contributed by atoms with van der Waals surface area (Å²) in [5.74, 6) is -1.09. The van der Waals surface area contributed by atoms with Gasteiger partial charge in [0.1, 0.15) is 11.8 Å². The number of amides is 2. The summed E-state index contributed by atoms with van der Waals surface area (Å²) in [6.07, 6.45) is 3.40. The molecule has 5 aromatic carbocycles. The Balaban J connectivity index is 0.807. The van der Waals surface area contributed by atoms with E-state index in [-0.39, 0.29) is 91.3 Å². The van der Waals surface area contributed by atoms with Crippen molar-refractivity contribution >= 4 is 50.0 Å². The van der Waals surface area contributed by atoms with Gasteiger partial charge in [-0.2, -0.15) is 0 Å². The van der Waals surface area contributed by atoms with Crippen LogP contribution in [-0.2, 0) is 52.3 Å². The third kappa shape index (κ3) is 19.2. The Morgan fingerprint density at radius 1 is 0.659 bits per heavy atom. The molecule has 85 heavy (non-hydrogen) atoms. The van der Waals surface area contributed by atoms with E-state index in [4.69, 9.17) is 51.0 Å². The van der Waals surface area contributed by atoms with Gasteiger partial charge < -0.3 is 66.7 Å². The van der Waals surface area contributed by atoms with Gasteiger partial charge in [-0.05, 0) is 105 Å². The zero-order chi connectivity index (χ0) is 60.9. The molecular formula is C59H69N5O19S2. The van der Waals surface area contributed by atoms with Crippen molar-refractivity contribution in [1.29, 1.82) is 0 Å². The molecule has 456 valence electrons. The van der Waals surface area contributed by atoms with Gasteiger partial charge in [-0.15, -0.1) is 13.5 Å². The van der Waals surface area contributed by atoms with Crippen LogP contribution in [0, 0.1) is 6.92 Å². The smallest absolute Gasteiger partial charge is 0.493 e. The first kappa shape index (κ1) is 64.5. The number of Topliss-reactive ketones (excluding diaryl/α,β-unsaturated/α-hetero) is 1. The fraction of sp³-hybridized carbons (Fsp3) is 0.373. The van der Waals surface area contributed by atoms with E-state index in [1.54, 1.807) is 53.4 Å². The maximum absolute atomic E-state index is 13.7. The molecule has 1 fully saturated rings. The van der Waals surface area contributed by atoms with Crippen LogP contribution < -0.4 is 42.7 Å². The second-order valence-corrected chi connectivity index (χ2v) is 22.4. The third-order valence-electron chi connectivity index (χ3n) is 12.9. The number of rotatable bonds is 33. The van der Waals surface area contributed by atoms with Crippen LogP contribution in [-0.4, -0.2) is 153 Å². The van der Waals surface area contributed by atoms with Crippen molar-refractivity contribution in [3.8, 4) is 40.2 Å². The van der Waals surface area contributed by atoms with Crippen molar-refractivity contribution in [2.24, 2.45) is 0 Å². The molecule has 6 aromatic rings. The Morgan fingerprint density at radius 3 is 1.92 bits per heavy atom.